The molecule has 1 N–H and O–H groups in total. The Morgan fingerprint density at radius 3 is 2.40 bits per heavy atom. The van der Waals surface area contributed by atoms with Gasteiger partial charge in [0.25, 0.3) is 5.91 Å². The third-order valence-corrected chi connectivity index (χ3v) is 5.29. The van der Waals surface area contributed by atoms with Crippen LogP contribution in [0.5, 0.6) is 5.75 Å². The lowest BCUT2D eigenvalue weighted by atomic mass is 10.0. The summed E-state index contributed by atoms with van der Waals surface area (Å²) in [5, 5.41) is 4.14. The van der Waals surface area contributed by atoms with Crippen molar-refractivity contribution in [2.24, 2.45) is 0 Å². The van der Waals surface area contributed by atoms with E-state index in [1.807, 2.05) is 74.8 Å². The van der Waals surface area contributed by atoms with E-state index in [-0.39, 0.29) is 12.1 Å². The summed E-state index contributed by atoms with van der Waals surface area (Å²) in [7, 11) is 4.03. The molecule has 3 aromatic rings. The summed E-state index contributed by atoms with van der Waals surface area (Å²) in [6.07, 6.45) is -0.343. The molecule has 1 atom stereocenters. The summed E-state index contributed by atoms with van der Waals surface area (Å²) < 4.78 is 5.80. The number of para-hydroxylation sites is 1. The number of nitrogens with one attached hydrogen (secondary N) is 1. The summed E-state index contributed by atoms with van der Waals surface area (Å²) in [6.45, 7) is 1.47. The number of carbonyl (C=O) groups is 1. The maximum absolute atomic E-state index is 13.4. The standard InChI is InChI=1S/C24H24ClN3O2/c1-27(2)15-16-30-20-13-7-17(8-14-20)23-26-22-6-4-3-5-21(22)24(29)28(23)19-11-9-18(25)10-12-19/h3-14,23,26H,15-16H2,1-2H3. The average Bonchev–Trinajstić information content (AvgIpc) is 2.75. The first-order valence-corrected chi connectivity index (χ1v) is 10.2. The van der Waals surface area contributed by atoms with E-state index in [0.717, 1.165) is 29.2 Å². The molecule has 0 saturated carbocycles. The second-order valence-electron chi connectivity index (χ2n) is 7.46. The molecule has 5 nitrogen and oxygen atoms in total. The highest BCUT2D eigenvalue weighted by atomic mass is 35.5. The highest BCUT2D eigenvalue weighted by Crippen LogP contribution is 2.37. The minimum absolute atomic E-state index is 0.0528. The second-order valence-corrected chi connectivity index (χ2v) is 7.90. The summed E-state index contributed by atoms with van der Waals surface area (Å²) in [4.78, 5) is 17.2. The van der Waals surface area contributed by atoms with E-state index in [2.05, 4.69) is 10.2 Å². The van der Waals surface area contributed by atoms with Gasteiger partial charge in [-0.3, -0.25) is 9.69 Å². The number of fused-ring (bicyclic) bond motifs is 1. The molecule has 1 aliphatic rings. The van der Waals surface area contributed by atoms with E-state index < -0.39 is 0 Å². The van der Waals surface area contributed by atoms with Crippen LogP contribution in [0.25, 0.3) is 0 Å². The van der Waals surface area contributed by atoms with Gasteiger partial charge >= 0.3 is 0 Å². The fourth-order valence-electron chi connectivity index (χ4n) is 3.45. The minimum atomic E-state index is -0.343. The molecule has 1 aliphatic heterocycles. The van der Waals surface area contributed by atoms with Crippen molar-refractivity contribution in [3.63, 3.8) is 0 Å². The largest absolute Gasteiger partial charge is 0.492 e. The Hall–Kier alpha value is -3.02. The Kier molecular flexibility index (Phi) is 5.93. The van der Waals surface area contributed by atoms with E-state index in [9.17, 15) is 4.79 Å². The summed E-state index contributed by atoms with van der Waals surface area (Å²) in [5.41, 5.74) is 3.21. The number of ether oxygens (including phenoxy) is 1. The van der Waals surface area contributed by atoms with Gasteiger partial charge < -0.3 is 15.0 Å². The lowest BCUT2D eigenvalue weighted by Gasteiger charge is -2.38. The monoisotopic (exact) mass is 421 g/mol. The molecule has 0 radical (unpaired) electrons. The zero-order chi connectivity index (χ0) is 21.1. The lowest BCUT2D eigenvalue weighted by Crippen LogP contribution is -2.43. The Balaban J connectivity index is 1.65. The zero-order valence-corrected chi connectivity index (χ0v) is 17.8. The topological polar surface area (TPSA) is 44.8 Å². The van der Waals surface area contributed by atoms with Gasteiger partial charge in [-0.05, 0) is 68.2 Å². The van der Waals surface area contributed by atoms with Gasteiger partial charge in [0.15, 0.2) is 0 Å². The molecular formula is C24H24ClN3O2. The number of rotatable bonds is 6. The Bertz CT molecular complexity index is 1020. The molecule has 0 bridgehead atoms. The maximum Gasteiger partial charge on any atom is 0.262 e. The number of carbonyl (C=O) groups excluding carboxylic acids is 1. The van der Waals surface area contributed by atoms with Crippen LogP contribution in [0.2, 0.25) is 5.02 Å². The number of amides is 1. The number of halogens is 1. The molecule has 1 heterocycles. The van der Waals surface area contributed by atoms with Gasteiger partial charge in [0.1, 0.15) is 18.5 Å². The minimum Gasteiger partial charge on any atom is -0.492 e. The van der Waals surface area contributed by atoms with Crippen LogP contribution in [0.4, 0.5) is 11.4 Å². The SMILES string of the molecule is CN(C)CCOc1ccc(C2Nc3ccccc3C(=O)N2c2ccc(Cl)cc2)cc1. The molecule has 0 aliphatic carbocycles. The van der Waals surface area contributed by atoms with Crippen molar-refractivity contribution in [2.45, 2.75) is 6.17 Å². The van der Waals surface area contributed by atoms with Crippen molar-refractivity contribution in [1.29, 1.82) is 0 Å². The van der Waals surface area contributed by atoms with Crippen LogP contribution in [0, 0.1) is 0 Å². The third-order valence-electron chi connectivity index (χ3n) is 5.03. The number of nitrogens with zero attached hydrogens (tertiary/aromatic N) is 2. The molecule has 154 valence electrons. The fraction of sp³-hybridized carbons (Fsp3) is 0.208. The van der Waals surface area contributed by atoms with Crippen molar-refractivity contribution in [2.75, 3.05) is 37.5 Å². The molecule has 1 unspecified atom stereocenters. The average molecular weight is 422 g/mol. The first-order chi connectivity index (χ1) is 14.5. The molecule has 4 rings (SSSR count). The maximum atomic E-state index is 13.4. The van der Waals surface area contributed by atoms with E-state index in [1.54, 1.807) is 17.0 Å². The summed E-state index contributed by atoms with van der Waals surface area (Å²) in [6, 6.07) is 22.8. The van der Waals surface area contributed by atoms with Crippen molar-refractivity contribution < 1.29 is 9.53 Å². The molecule has 1 amide bonds. The van der Waals surface area contributed by atoms with Crippen LogP contribution < -0.4 is 15.0 Å². The molecule has 0 spiro atoms. The number of anilines is 2. The van der Waals surface area contributed by atoms with Crippen LogP contribution >= 0.6 is 11.6 Å². The molecule has 0 saturated heterocycles. The van der Waals surface area contributed by atoms with Gasteiger partial charge in [0.05, 0.1) is 5.56 Å². The predicted molar refractivity (Wildman–Crippen MR) is 122 cm³/mol. The smallest absolute Gasteiger partial charge is 0.262 e. The van der Waals surface area contributed by atoms with Gasteiger partial charge in [0, 0.05) is 22.9 Å². The molecule has 0 fully saturated rings. The van der Waals surface area contributed by atoms with Crippen molar-refractivity contribution in [3.05, 3.63) is 88.9 Å². The van der Waals surface area contributed by atoms with Crippen molar-refractivity contribution in [3.8, 4) is 5.75 Å². The Morgan fingerprint density at radius 2 is 1.70 bits per heavy atom. The van der Waals surface area contributed by atoms with Crippen molar-refractivity contribution >= 4 is 28.9 Å². The Morgan fingerprint density at radius 1 is 1.00 bits per heavy atom. The molecule has 6 heteroatoms. The van der Waals surface area contributed by atoms with Gasteiger partial charge in [-0.2, -0.15) is 0 Å². The first-order valence-electron chi connectivity index (χ1n) is 9.85. The highest BCUT2D eigenvalue weighted by Gasteiger charge is 2.33. The van der Waals surface area contributed by atoms with Crippen LogP contribution in [0.1, 0.15) is 22.1 Å². The quantitative estimate of drug-likeness (QED) is 0.604. The van der Waals surface area contributed by atoms with E-state index >= 15 is 0 Å². The third kappa shape index (κ3) is 4.27. The molecule has 3 aromatic carbocycles. The van der Waals surface area contributed by atoms with Gasteiger partial charge in [-0.1, -0.05) is 35.9 Å². The van der Waals surface area contributed by atoms with Gasteiger partial charge in [0.2, 0.25) is 0 Å². The van der Waals surface area contributed by atoms with Crippen LogP contribution in [-0.2, 0) is 0 Å². The van der Waals surface area contributed by atoms with Gasteiger partial charge in [-0.25, -0.2) is 0 Å². The van der Waals surface area contributed by atoms with Crippen LogP contribution in [-0.4, -0.2) is 38.1 Å². The van der Waals surface area contributed by atoms with E-state index in [4.69, 9.17) is 16.3 Å². The molecule has 0 aromatic heterocycles. The highest BCUT2D eigenvalue weighted by molar-refractivity contribution is 6.30. The van der Waals surface area contributed by atoms with Crippen LogP contribution in [0.3, 0.4) is 0 Å². The number of benzene rings is 3. The molecular weight excluding hydrogens is 398 g/mol. The molecule has 30 heavy (non-hydrogen) atoms. The van der Waals surface area contributed by atoms with E-state index in [1.165, 1.54) is 0 Å². The van der Waals surface area contributed by atoms with E-state index in [0.29, 0.717) is 17.2 Å². The number of hydrogen-bond donors (Lipinski definition) is 1. The second kappa shape index (κ2) is 8.78. The van der Waals surface area contributed by atoms with Crippen molar-refractivity contribution in [1.82, 2.24) is 4.90 Å². The first kappa shape index (κ1) is 20.3. The normalized spacial score (nSPS) is 15.7. The Labute approximate surface area is 181 Å². The predicted octanol–water partition coefficient (Wildman–Crippen LogP) is 5.05. The van der Waals surface area contributed by atoms with Crippen LogP contribution in [0.15, 0.2) is 72.8 Å². The summed E-state index contributed by atoms with van der Waals surface area (Å²) in [5.74, 6) is 0.754. The number of hydrogen-bond acceptors (Lipinski definition) is 4. The fourth-order valence-corrected chi connectivity index (χ4v) is 3.57. The number of likely N-dealkylation sites (N-methyl/N-ethyl adjacent to an activating group) is 1. The lowest BCUT2D eigenvalue weighted by molar-refractivity contribution is 0.0975. The summed E-state index contributed by atoms with van der Waals surface area (Å²) >= 11 is 6.06. The van der Waals surface area contributed by atoms with Gasteiger partial charge in [-0.15, -0.1) is 0 Å². The zero-order valence-electron chi connectivity index (χ0n) is 17.0.